The quantitative estimate of drug-likeness (QED) is 0.897. The van der Waals surface area contributed by atoms with E-state index in [9.17, 15) is 4.79 Å². The SMILES string of the molecule is COc1cccc(NC(=O)C[C@@H](C)n2cccn2)c1. The van der Waals surface area contributed by atoms with E-state index in [1.807, 2.05) is 37.4 Å². The Hall–Kier alpha value is -2.30. The van der Waals surface area contributed by atoms with Gasteiger partial charge < -0.3 is 10.1 Å². The maximum Gasteiger partial charge on any atom is 0.226 e. The number of nitrogens with one attached hydrogen (secondary N) is 1. The molecule has 2 aromatic rings. The summed E-state index contributed by atoms with van der Waals surface area (Å²) in [6.45, 7) is 1.96. The highest BCUT2D eigenvalue weighted by Gasteiger charge is 2.11. The fraction of sp³-hybridized carbons (Fsp3) is 0.286. The number of ether oxygens (including phenoxy) is 1. The summed E-state index contributed by atoms with van der Waals surface area (Å²) in [6, 6.07) is 9.17. The van der Waals surface area contributed by atoms with E-state index < -0.39 is 0 Å². The van der Waals surface area contributed by atoms with Crippen molar-refractivity contribution in [1.82, 2.24) is 9.78 Å². The second-order valence-corrected chi connectivity index (χ2v) is 4.32. The van der Waals surface area contributed by atoms with E-state index in [0.29, 0.717) is 6.42 Å². The van der Waals surface area contributed by atoms with Crippen molar-refractivity contribution in [2.24, 2.45) is 0 Å². The number of hydrogen-bond acceptors (Lipinski definition) is 3. The Kier molecular flexibility index (Phi) is 4.18. The average Bonchev–Trinajstić information content (AvgIpc) is 2.92. The fourth-order valence-electron chi connectivity index (χ4n) is 1.82. The number of aromatic nitrogens is 2. The van der Waals surface area contributed by atoms with Crippen LogP contribution in [0.4, 0.5) is 5.69 Å². The third kappa shape index (κ3) is 3.58. The Morgan fingerprint density at radius 2 is 2.32 bits per heavy atom. The zero-order valence-corrected chi connectivity index (χ0v) is 11.0. The maximum absolute atomic E-state index is 11.9. The minimum absolute atomic E-state index is 0.0283. The minimum Gasteiger partial charge on any atom is -0.497 e. The molecule has 0 bridgehead atoms. The molecule has 1 heterocycles. The van der Waals surface area contributed by atoms with Crippen LogP contribution in [0.5, 0.6) is 5.75 Å². The number of hydrogen-bond donors (Lipinski definition) is 1. The summed E-state index contributed by atoms with van der Waals surface area (Å²) in [5.41, 5.74) is 0.733. The summed E-state index contributed by atoms with van der Waals surface area (Å²) in [7, 11) is 1.60. The summed E-state index contributed by atoms with van der Waals surface area (Å²) < 4.78 is 6.88. The van der Waals surface area contributed by atoms with Crippen LogP contribution in [0.25, 0.3) is 0 Å². The summed E-state index contributed by atoms with van der Waals surface area (Å²) in [4.78, 5) is 11.9. The van der Waals surface area contributed by atoms with Crippen LogP contribution in [0.2, 0.25) is 0 Å². The Morgan fingerprint density at radius 3 is 3.00 bits per heavy atom. The molecule has 19 heavy (non-hydrogen) atoms. The number of amides is 1. The topological polar surface area (TPSA) is 56.1 Å². The monoisotopic (exact) mass is 259 g/mol. The first kappa shape index (κ1) is 13.1. The number of methoxy groups -OCH3 is 1. The van der Waals surface area contributed by atoms with E-state index in [4.69, 9.17) is 4.74 Å². The molecular formula is C14H17N3O2. The van der Waals surface area contributed by atoms with E-state index in [1.165, 1.54) is 0 Å². The van der Waals surface area contributed by atoms with Gasteiger partial charge in [0, 0.05) is 30.6 Å². The van der Waals surface area contributed by atoms with Gasteiger partial charge in [-0.15, -0.1) is 0 Å². The zero-order chi connectivity index (χ0) is 13.7. The first-order valence-corrected chi connectivity index (χ1v) is 6.12. The van der Waals surface area contributed by atoms with Gasteiger partial charge in [0.1, 0.15) is 5.75 Å². The molecule has 2 rings (SSSR count). The largest absolute Gasteiger partial charge is 0.497 e. The highest BCUT2D eigenvalue weighted by Crippen LogP contribution is 2.18. The number of carbonyl (C=O) groups is 1. The van der Waals surface area contributed by atoms with E-state index in [2.05, 4.69) is 10.4 Å². The smallest absolute Gasteiger partial charge is 0.226 e. The van der Waals surface area contributed by atoms with Gasteiger partial charge >= 0.3 is 0 Å². The van der Waals surface area contributed by atoms with Crippen molar-refractivity contribution in [3.05, 3.63) is 42.7 Å². The second-order valence-electron chi connectivity index (χ2n) is 4.32. The lowest BCUT2D eigenvalue weighted by atomic mass is 10.2. The first-order valence-electron chi connectivity index (χ1n) is 6.12. The van der Waals surface area contributed by atoms with Crippen LogP contribution in [0.15, 0.2) is 42.7 Å². The molecule has 1 atom stereocenters. The Bertz CT molecular complexity index is 537. The van der Waals surface area contributed by atoms with Crippen molar-refractivity contribution < 1.29 is 9.53 Å². The van der Waals surface area contributed by atoms with Crippen molar-refractivity contribution in [2.45, 2.75) is 19.4 Å². The summed E-state index contributed by atoms with van der Waals surface area (Å²) in [6.07, 6.45) is 3.93. The molecule has 0 saturated carbocycles. The lowest BCUT2D eigenvalue weighted by Crippen LogP contribution is -2.17. The van der Waals surface area contributed by atoms with Crippen LogP contribution in [0.1, 0.15) is 19.4 Å². The highest BCUT2D eigenvalue weighted by atomic mass is 16.5. The van der Waals surface area contributed by atoms with Crippen LogP contribution < -0.4 is 10.1 Å². The second kappa shape index (κ2) is 6.04. The van der Waals surface area contributed by atoms with E-state index in [0.717, 1.165) is 11.4 Å². The third-order valence-electron chi connectivity index (χ3n) is 2.81. The molecular weight excluding hydrogens is 242 g/mol. The predicted molar refractivity (Wildman–Crippen MR) is 73.2 cm³/mol. The van der Waals surface area contributed by atoms with Crippen LogP contribution in [0, 0.1) is 0 Å². The lowest BCUT2D eigenvalue weighted by molar-refractivity contribution is -0.116. The van der Waals surface area contributed by atoms with Crippen molar-refractivity contribution in [3.63, 3.8) is 0 Å². The van der Waals surface area contributed by atoms with Gasteiger partial charge in [-0.25, -0.2) is 0 Å². The molecule has 0 aliphatic rings. The fourth-order valence-corrected chi connectivity index (χ4v) is 1.82. The van der Waals surface area contributed by atoms with E-state index in [1.54, 1.807) is 24.1 Å². The Morgan fingerprint density at radius 1 is 1.47 bits per heavy atom. The molecule has 1 amide bonds. The molecule has 0 fully saturated rings. The van der Waals surface area contributed by atoms with Gasteiger partial charge in [-0.2, -0.15) is 5.10 Å². The van der Waals surface area contributed by atoms with Crippen LogP contribution in [0.3, 0.4) is 0 Å². The molecule has 100 valence electrons. The molecule has 0 radical (unpaired) electrons. The number of benzene rings is 1. The standard InChI is InChI=1S/C14H17N3O2/c1-11(17-8-4-7-15-17)9-14(18)16-12-5-3-6-13(10-12)19-2/h3-8,10-11H,9H2,1-2H3,(H,16,18)/t11-/m1/s1. The average molecular weight is 259 g/mol. The van der Waals surface area contributed by atoms with Gasteiger partial charge in [-0.05, 0) is 25.1 Å². The number of carbonyl (C=O) groups excluding carboxylic acids is 1. The minimum atomic E-state index is -0.0451. The van der Waals surface area contributed by atoms with E-state index in [-0.39, 0.29) is 11.9 Å². The van der Waals surface area contributed by atoms with Gasteiger partial charge in [0.05, 0.1) is 13.2 Å². The Labute approximate surface area is 112 Å². The van der Waals surface area contributed by atoms with Crippen molar-refractivity contribution >= 4 is 11.6 Å². The first-order chi connectivity index (χ1) is 9.19. The molecule has 0 aliphatic heterocycles. The van der Waals surface area contributed by atoms with Crippen molar-refractivity contribution in [1.29, 1.82) is 0 Å². The maximum atomic E-state index is 11.9. The van der Waals surface area contributed by atoms with Crippen molar-refractivity contribution in [3.8, 4) is 5.75 Å². The van der Waals surface area contributed by atoms with Gasteiger partial charge in [-0.1, -0.05) is 6.07 Å². The molecule has 1 aromatic carbocycles. The molecule has 1 N–H and O–H groups in total. The summed E-state index contributed by atoms with van der Waals surface area (Å²) in [5, 5.41) is 6.97. The van der Waals surface area contributed by atoms with Gasteiger partial charge in [0.15, 0.2) is 0 Å². The predicted octanol–water partition coefficient (Wildman–Crippen LogP) is 2.48. The zero-order valence-electron chi connectivity index (χ0n) is 11.0. The molecule has 5 heteroatoms. The molecule has 0 saturated heterocycles. The molecule has 0 spiro atoms. The molecule has 1 aromatic heterocycles. The normalized spacial score (nSPS) is 11.9. The van der Waals surface area contributed by atoms with Gasteiger partial charge in [0.25, 0.3) is 0 Å². The lowest BCUT2D eigenvalue weighted by Gasteiger charge is -2.12. The van der Waals surface area contributed by atoms with E-state index >= 15 is 0 Å². The molecule has 0 unspecified atom stereocenters. The van der Waals surface area contributed by atoms with Gasteiger partial charge in [-0.3, -0.25) is 9.48 Å². The number of anilines is 1. The number of nitrogens with zero attached hydrogens (tertiary/aromatic N) is 2. The highest BCUT2D eigenvalue weighted by molar-refractivity contribution is 5.91. The van der Waals surface area contributed by atoms with Gasteiger partial charge in [0.2, 0.25) is 5.91 Å². The van der Waals surface area contributed by atoms with Crippen LogP contribution in [-0.4, -0.2) is 22.8 Å². The third-order valence-corrected chi connectivity index (χ3v) is 2.81. The van der Waals surface area contributed by atoms with Crippen LogP contribution in [-0.2, 0) is 4.79 Å². The molecule has 5 nitrogen and oxygen atoms in total. The van der Waals surface area contributed by atoms with Crippen LogP contribution >= 0.6 is 0 Å². The Balaban J connectivity index is 1.93. The molecule has 0 aliphatic carbocycles. The van der Waals surface area contributed by atoms with Crippen molar-refractivity contribution in [2.75, 3.05) is 12.4 Å². The summed E-state index contributed by atoms with van der Waals surface area (Å²) >= 11 is 0. The summed E-state index contributed by atoms with van der Waals surface area (Å²) in [5.74, 6) is 0.675. The number of rotatable bonds is 5.